The van der Waals surface area contributed by atoms with Gasteiger partial charge in [-0.2, -0.15) is 0 Å². The molecule has 0 aliphatic carbocycles. The summed E-state index contributed by atoms with van der Waals surface area (Å²) in [5.41, 5.74) is 2.23. The summed E-state index contributed by atoms with van der Waals surface area (Å²) in [6, 6.07) is 13.9. The summed E-state index contributed by atoms with van der Waals surface area (Å²) < 4.78 is 16.5. The van der Waals surface area contributed by atoms with Crippen LogP contribution >= 0.6 is 11.8 Å². The molecule has 5 rings (SSSR count). The Morgan fingerprint density at radius 2 is 1.70 bits per heavy atom. The van der Waals surface area contributed by atoms with Crippen LogP contribution in [0.2, 0.25) is 0 Å². The standard InChI is InChI=1S/C27H33N5O4S/c1-3-20-18-25(31-12-10-30(11-13-31)21-4-6-22(34-2)7-5-21)29-27(28-20)37-19-23-8-9-24(36-23)26(33)32-14-16-35-17-15-32/h4-9,18H,3,10-17,19H2,1-2H3. The summed E-state index contributed by atoms with van der Waals surface area (Å²) in [6.07, 6.45) is 0.841. The van der Waals surface area contributed by atoms with Gasteiger partial charge in [-0.3, -0.25) is 4.79 Å². The zero-order chi connectivity index (χ0) is 25.6. The van der Waals surface area contributed by atoms with E-state index in [1.165, 1.54) is 17.4 Å². The molecule has 2 fully saturated rings. The monoisotopic (exact) mass is 523 g/mol. The number of aromatic nitrogens is 2. The van der Waals surface area contributed by atoms with Crippen LogP contribution in [0.1, 0.15) is 28.9 Å². The third-order valence-corrected chi connectivity index (χ3v) is 7.53. The molecule has 1 amide bonds. The number of hydrogen-bond acceptors (Lipinski definition) is 9. The van der Waals surface area contributed by atoms with E-state index in [0.29, 0.717) is 37.8 Å². The average Bonchev–Trinajstić information content (AvgIpc) is 3.45. The fraction of sp³-hybridized carbons (Fsp3) is 0.444. The molecule has 10 heteroatoms. The van der Waals surface area contributed by atoms with Crippen molar-refractivity contribution in [3.8, 4) is 5.75 Å². The molecule has 0 spiro atoms. The summed E-state index contributed by atoms with van der Waals surface area (Å²) in [6.45, 7) is 8.06. The van der Waals surface area contributed by atoms with Crippen LogP contribution < -0.4 is 14.5 Å². The first-order chi connectivity index (χ1) is 18.1. The van der Waals surface area contributed by atoms with E-state index in [1.807, 2.05) is 18.2 Å². The molecule has 0 saturated carbocycles. The van der Waals surface area contributed by atoms with Crippen LogP contribution in [-0.2, 0) is 16.9 Å². The summed E-state index contributed by atoms with van der Waals surface area (Å²) in [5.74, 6) is 3.42. The Bertz CT molecular complexity index is 1190. The summed E-state index contributed by atoms with van der Waals surface area (Å²) in [7, 11) is 1.69. The highest BCUT2D eigenvalue weighted by Crippen LogP contribution is 2.26. The van der Waals surface area contributed by atoms with E-state index < -0.39 is 0 Å². The number of piperazine rings is 1. The molecule has 3 aromatic rings. The molecular formula is C27H33N5O4S. The Morgan fingerprint density at radius 1 is 0.973 bits per heavy atom. The molecule has 1 aromatic carbocycles. The number of anilines is 2. The van der Waals surface area contributed by atoms with Gasteiger partial charge in [0.2, 0.25) is 0 Å². The summed E-state index contributed by atoms with van der Waals surface area (Å²) in [5, 5.41) is 0.726. The van der Waals surface area contributed by atoms with Gasteiger partial charge in [0.05, 0.1) is 26.1 Å². The molecule has 37 heavy (non-hydrogen) atoms. The van der Waals surface area contributed by atoms with E-state index >= 15 is 0 Å². The lowest BCUT2D eigenvalue weighted by molar-refractivity contribution is 0.0282. The molecule has 2 aliphatic heterocycles. The maximum atomic E-state index is 12.7. The van der Waals surface area contributed by atoms with Crippen LogP contribution in [0.15, 0.2) is 52.0 Å². The molecule has 2 aromatic heterocycles. The summed E-state index contributed by atoms with van der Waals surface area (Å²) in [4.78, 5) is 28.8. The van der Waals surface area contributed by atoms with Crippen molar-refractivity contribution in [1.82, 2.24) is 14.9 Å². The minimum atomic E-state index is -0.0835. The smallest absolute Gasteiger partial charge is 0.289 e. The quantitative estimate of drug-likeness (QED) is 0.324. The van der Waals surface area contributed by atoms with Crippen molar-refractivity contribution < 1.29 is 18.7 Å². The zero-order valence-corrected chi connectivity index (χ0v) is 22.2. The molecule has 2 saturated heterocycles. The molecule has 0 bridgehead atoms. The Morgan fingerprint density at radius 3 is 2.41 bits per heavy atom. The number of ether oxygens (including phenoxy) is 2. The number of hydrogen-bond donors (Lipinski definition) is 0. The molecule has 4 heterocycles. The highest BCUT2D eigenvalue weighted by Gasteiger charge is 2.22. The number of amides is 1. The first-order valence-corrected chi connectivity index (χ1v) is 13.7. The number of nitrogens with zero attached hydrogens (tertiary/aromatic N) is 5. The van der Waals surface area contributed by atoms with Crippen LogP contribution in [0.25, 0.3) is 0 Å². The Balaban J connectivity index is 1.20. The van der Waals surface area contributed by atoms with Crippen molar-refractivity contribution in [3.63, 3.8) is 0 Å². The minimum absolute atomic E-state index is 0.0835. The first kappa shape index (κ1) is 25.4. The molecule has 196 valence electrons. The number of furan rings is 1. The Labute approximate surface area is 221 Å². The fourth-order valence-corrected chi connectivity index (χ4v) is 5.25. The van der Waals surface area contributed by atoms with E-state index in [1.54, 1.807) is 18.1 Å². The third kappa shape index (κ3) is 6.19. The van der Waals surface area contributed by atoms with Crippen molar-refractivity contribution in [2.45, 2.75) is 24.3 Å². The Hall–Kier alpha value is -3.24. The van der Waals surface area contributed by atoms with Crippen LogP contribution in [-0.4, -0.2) is 80.4 Å². The first-order valence-electron chi connectivity index (χ1n) is 12.7. The van der Waals surface area contributed by atoms with E-state index in [9.17, 15) is 4.79 Å². The van der Waals surface area contributed by atoms with Gasteiger partial charge in [-0.1, -0.05) is 18.7 Å². The average molecular weight is 524 g/mol. The van der Waals surface area contributed by atoms with Gasteiger partial charge in [0, 0.05) is 56.7 Å². The van der Waals surface area contributed by atoms with Crippen molar-refractivity contribution in [3.05, 3.63) is 59.7 Å². The zero-order valence-electron chi connectivity index (χ0n) is 21.4. The maximum absolute atomic E-state index is 12.7. The highest BCUT2D eigenvalue weighted by atomic mass is 32.2. The highest BCUT2D eigenvalue weighted by molar-refractivity contribution is 7.98. The second-order valence-corrected chi connectivity index (χ2v) is 9.93. The van der Waals surface area contributed by atoms with Crippen LogP contribution in [0.5, 0.6) is 5.75 Å². The van der Waals surface area contributed by atoms with Crippen LogP contribution in [0.4, 0.5) is 11.5 Å². The van der Waals surface area contributed by atoms with Crippen LogP contribution in [0, 0.1) is 0 Å². The second kappa shape index (κ2) is 11.9. The minimum Gasteiger partial charge on any atom is -0.497 e. The lowest BCUT2D eigenvalue weighted by Crippen LogP contribution is -2.46. The predicted octanol–water partition coefficient (Wildman–Crippen LogP) is 3.73. The van der Waals surface area contributed by atoms with Crippen molar-refractivity contribution in [2.75, 3.05) is 69.4 Å². The van der Waals surface area contributed by atoms with Crippen molar-refractivity contribution in [2.24, 2.45) is 0 Å². The number of rotatable bonds is 8. The Kier molecular flexibility index (Phi) is 8.15. The van der Waals surface area contributed by atoms with Crippen LogP contribution in [0.3, 0.4) is 0 Å². The van der Waals surface area contributed by atoms with Gasteiger partial charge >= 0.3 is 0 Å². The van der Waals surface area contributed by atoms with Gasteiger partial charge in [-0.25, -0.2) is 9.97 Å². The predicted molar refractivity (Wildman–Crippen MR) is 144 cm³/mol. The van der Waals surface area contributed by atoms with Gasteiger partial charge in [0.15, 0.2) is 10.9 Å². The summed E-state index contributed by atoms with van der Waals surface area (Å²) >= 11 is 1.53. The number of methoxy groups -OCH3 is 1. The van der Waals surface area contributed by atoms with Gasteiger partial charge in [-0.15, -0.1) is 0 Å². The SMILES string of the molecule is CCc1cc(N2CCN(c3ccc(OC)cc3)CC2)nc(SCc2ccc(C(=O)N3CCOCC3)o2)n1. The number of morpholine rings is 1. The lowest BCUT2D eigenvalue weighted by Gasteiger charge is -2.37. The normalized spacial score (nSPS) is 16.2. The largest absolute Gasteiger partial charge is 0.497 e. The van der Waals surface area contributed by atoms with Gasteiger partial charge < -0.3 is 28.6 Å². The van der Waals surface area contributed by atoms with Crippen molar-refractivity contribution in [1.29, 1.82) is 0 Å². The van der Waals surface area contributed by atoms with E-state index in [-0.39, 0.29) is 5.91 Å². The van der Waals surface area contributed by atoms with E-state index in [4.69, 9.17) is 23.9 Å². The molecule has 2 aliphatic rings. The molecule has 9 nitrogen and oxygen atoms in total. The lowest BCUT2D eigenvalue weighted by atomic mass is 10.2. The molecule has 0 radical (unpaired) electrons. The molecular weight excluding hydrogens is 490 g/mol. The van der Waals surface area contributed by atoms with Gasteiger partial charge in [0.25, 0.3) is 5.91 Å². The van der Waals surface area contributed by atoms with Gasteiger partial charge in [0.1, 0.15) is 17.3 Å². The maximum Gasteiger partial charge on any atom is 0.289 e. The number of aryl methyl sites for hydroxylation is 1. The van der Waals surface area contributed by atoms with E-state index in [2.05, 4.69) is 34.9 Å². The third-order valence-electron chi connectivity index (χ3n) is 6.66. The van der Waals surface area contributed by atoms with Crippen molar-refractivity contribution >= 4 is 29.2 Å². The number of carbonyl (C=O) groups is 1. The van der Waals surface area contributed by atoms with E-state index in [0.717, 1.165) is 60.8 Å². The number of benzene rings is 1. The molecule has 0 unspecified atom stereocenters. The number of carbonyl (C=O) groups excluding carboxylic acids is 1. The number of thioether (sulfide) groups is 1. The topological polar surface area (TPSA) is 84.2 Å². The second-order valence-electron chi connectivity index (χ2n) is 8.98. The molecule has 0 N–H and O–H groups in total. The van der Waals surface area contributed by atoms with Gasteiger partial charge in [-0.05, 0) is 42.8 Å². The fourth-order valence-electron chi connectivity index (χ4n) is 4.48. The molecule has 0 atom stereocenters.